The van der Waals surface area contributed by atoms with E-state index in [1.54, 1.807) is 6.92 Å². The number of thiol groups is 1. The van der Waals surface area contributed by atoms with Crippen molar-refractivity contribution in [1.29, 1.82) is 0 Å². The van der Waals surface area contributed by atoms with Gasteiger partial charge >= 0.3 is 12.1 Å². The summed E-state index contributed by atoms with van der Waals surface area (Å²) in [5.74, 6) is -1.68. The molecule has 0 bridgehead atoms. The van der Waals surface area contributed by atoms with Gasteiger partial charge in [-0.1, -0.05) is 13.0 Å². The lowest BCUT2D eigenvalue weighted by molar-refractivity contribution is -0.115. The molecular formula is C15H14F3NO3S. The molecule has 1 unspecified atom stereocenters. The number of anilines is 1. The van der Waals surface area contributed by atoms with Crippen LogP contribution in [-0.4, -0.2) is 23.2 Å². The molecule has 0 saturated heterocycles. The quantitative estimate of drug-likeness (QED) is 0.721. The second-order valence-electron chi connectivity index (χ2n) is 4.70. The summed E-state index contributed by atoms with van der Waals surface area (Å²) in [5.41, 5.74) is -0.155. The summed E-state index contributed by atoms with van der Waals surface area (Å²) in [6.07, 6.45) is -1.98. The molecule has 1 aliphatic rings. The third kappa shape index (κ3) is 3.76. The van der Waals surface area contributed by atoms with Gasteiger partial charge in [-0.25, -0.2) is 4.79 Å². The molecule has 0 saturated carbocycles. The molecule has 1 aliphatic heterocycles. The maximum absolute atomic E-state index is 13.0. The van der Waals surface area contributed by atoms with Crippen molar-refractivity contribution in [2.24, 2.45) is 0 Å². The molecule has 23 heavy (non-hydrogen) atoms. The van der Waals surface area contributed by atoms with Crippen LogP contribution in [0.3, 0.4) is 0 Å². The maximum Gasteiger partial charge on any atom is 0.421 e. The van der Waals surface area contributed by atoms with Gasteiger partial charge in [-0.3, -0.25) is 4.79 Å². The molecule has 0 radical (unpaired) electrons. The Morgan fingerprint density at radius 3 is 2.57 bits per heavy atom. The highest BCUT2D eigenvalue weighted by atomic mass is 32.2. The molecule has 8 heteroatoms. The lowest BCUT2D eigenvalue weighted by Crippen LogP contribution is -2.14. The molecule has 0 fully saturated rings. The monoisotopic (exact) mass is 345 g/mol. The minimum absolute atomic E-state index is 0.0730. The van der Waals surface area contributed by atoms with Gasteiger partial charge in [0.15, 0.2) is 0 Å². The minimum Gasteiger partial charge on any atom is -0.478 e. The van der Waals surface area contributed by atoms with Crippen molar-refractivity contribution in [2.45, 2.75) is 24.4 Å². The van der Waals surface area contributed by atoms with E-state index in [0.29, 0.717) is 0 Å². The third-order valence-corrected chi connectivity index (χ3v) is 5.37. The number of rotatable bonds is 4. The van der Waals surface area contributed by atoms with Crippen molar-refractivity contribution in [1.82, 2.24) is 0 Å². The number of carbonyl (C=O) groups is 2. The zero-order valence-corrected chi connectivity index (χ0v) is 12.9. The maximum atomic E-state index is 13.0. The average Bonchev–Trinajstić information content (AvgIpc) is 2.96. The van der Waals surface area contributed by atoms with Gasteiger partial charge in [0, 0.05) is 6.42 Å². The summed E-state index contributed by atoms with van der Waals surface area (Å²) >= 11 is 0. The van der Waals surface area contributed by atoms with E-state index in [4.69, 9.17) is 0 Å². The summed E-state index contributed by atoms with van der Waals surface area (Å²) in [7, 11) is -1.79. The van der Waals surface area contributed by atoms with Crippen LogP contribution in [0.2, 0.25) is 0 Å². The fraction of sp³-hybridized carbons (Fsp3) is 0.200. The smallest absolute Gasteiger partial charge is 0.421 e. The Morgan fingerprint density at radius 1 is 1.30 bits per heavy atom. The van der Waals surface area contributed by atoms with E-state index in [1.165, 1.54) is 29.7 Å². The van der Waals surface area contributed by atoms with E-state index in [-0.39, 0.29) is 28.5 Å². The van der Waals surface area contributed by atoms with Gasteiger partial charge in [-0.2, -0.15) is 24.1 Å². The number of carbonyl (C=O) groups excluding carboxylic acids is 1. The van der Waals surface area contributed by atoms with E-state index >= 15 is 0 Å². The Kier molecular flexibility index (Phi) is 4.84. The van der Waals surface area contributed by atoms with Crippen LogP contribution in [0.5, 0.6) is 0 Å². The molecule has 2 rings (SSSR count). The van der Waals surface area contributed by atoms with E-state index in [9.17, 15) is 27.9 Å². The van der Waals surface area contributed by atoms with Crippen molar-refractivity contribution in [3.63, 3.8) is 0 Å². The molecule has 1 heterocycles. The fourth-order valence-corrected chi connectivity index (χ4v) is 3.94. The third-order valence-electron chi connectivity index (χ3n) is 3.15. The zero-order valence-electron chi connectivity index (χ0n) is 12.0. The van der Waals surface area contributed by atoms with Crippen molar-refractivity contribution in [3.8, 4) is 0 Å². The SMILES string of the molecule is CCC(=O)Nc1ccc([SH]2C=CC=C2C(F)(F)F)cc1C(=O)O. The van der Waals surface area contributed by atoms with Crippen molar-refractivity contribution < 1.29 is 27.9 Å². The summed E-state index contributed by atoms with van der Waals surface area (Å²) < 4.78 is 39.0. The number of carboxylic acid groups (broad SMARTS) is 1. The summed E-state index contributed by atoms with van der Waals surface area (Å²) in [5, 5.41) is 13.1. The number of carboxylic acids is 1. The summed E-state index contributed by atoms with van der Waals surface area (Å²) in [4.78, 5) is 22.3. The highest BCUT2D eigenvalue weighted by molar-refractivity contribution is 8.23. The molecular weight excluding hydrogens is 331 g/mol. The first kappa shape index (κ1) is 17.1. The van der Waals surface area contributed by atoms with E-state index in [1.807, 2.05) is 0 Å². The molecule has 124 valence electrons. The molecule has 1 amide bonds. The van der Waals surface area contributed by atoms with Crippen molar-refractivity contribution >= 4 is 28.5 Å². The van der Waals surface area contributed by atoms with Crippen LogP contribution in [-0.2, 0) is 4.79 Å². The topological polar surface area (TPSA) is 66.4 Å². The van der Waals surface area contributed by atoms with Crippen LogP contribution in [0, 0.1) is 0 Å². The van der Waals surface area contributed by atoms with E-state index in [0.717, 1.165) is 6.08 Å². The number of aromatic carboxylic acids is 1. The molecule has 0 aromatic heterocycles. The van der Waals surface area contributed by atoms with Crippen LogP contribution in [0.4, 0.5) is 18.9 Å². The highest BCUT2D eigenvalue weighted by Crippen LogP contribution is 2.54. The van der Waals surface area contributed by atoms with Gasteiger partial charge in [0.1, 0.15) is 0 Å². The number of nitrogens with one attached hydrogen (secondary N) is 1. The standard InChI is InChI=1S/C15H14F3NO3S/c1-2-13(20)19-11-6-5-9(8-10(11)14(21)22)23-7-3-4-12(23)15(16,17)18/h3-8,23H,2H2,1H3,(H,19,20)(H,21,22). The van der Waals surface area contributed by atoms with Crippen LogP contribution in [0.15, 0.2) is 45.6 Å². The Bertz CT molecular complexity index is 710. The summed E-state index contributed by atoms with van der Waals surface area (Å²) in [6, 6.07) is 3.93. The van der Waals surface area contributed by atoms with E-state index < -0.39 is 27.9 Å². The largest absolute Gasteiger partial charge is 0.478 e. The zero-order chi connectivity index (χ0) is 17.2. The van der Waals surface area contributed by atoms with Crippen LogP contribution >= 0.6 is 10.9 Å². The lowest BCUT2D eigenvalue weighted by Gasteiger charge is -2.21. The minimum atomic E-state index is -4.46. The number of hydrogen-bond donors (Lipinski definition) is 3. The number of benzene rings is 1. The first-order chi connectivity index (χ1) is 10.7. The second-order valence-corrected chi connectivity index (χ2v) is 6.73. The number of hydrogen-bond acceptors (Lipinski definition) is 2. The Hall–Kier alpha value is -2.22. The van der Waals surface area contributed by atoms with Crippen molar-refractivity contribution in [2.75, 3.05) is 5.32 Å². The van der Waals surface area contributed by atoms with Crippen LogP contribution in [0.25, 0.3) is 0 Å². The Balaban J connectivity index is 2.41. The van der Waals surface area contributed by atoms with Crippen LogP contribution in [0.1, 0.15) is 23.7 Å². The molecule has 0 aliphatic carbocycles. The Labute approximate surface area is 133 Å². The molecule has 1 atom stereocenters. The highest BCUT2D eigenvalue weighted by Gasteiger charge is 2.38. The number of alkyl halides is 3. The average molecular weight is 345 g/mol. The van der Waals surface area contributed by atoms with E-state index in [2.05, 4.69) is 5.32 Å². The number of halogens is 3. The van der Waals surface area contributed by atoms with Gasteiger partial charge in [-0.05, 0) is 34.6 Å². The molecule has 2 N–H and O–H groups in total. The lowest BCUT2D eigenvalue weighted by atomic mass is 10.1. The van der Waals surface area contributed by atoms with Gasteiger partial charge in [0.2, 0.25) is 5.91 Å². The normalized spacial score (nSPS) is 18.6. The Morgan fingerprint density at radius 2 is 2.00 bits per heavy atom. The first-order valence-electron chi connectivity index (χ1n) is 6.66. The predicted molar refractivity (Wildman–Crippen MR) is 82.9 cm³/mol. The second kappa shape index (κ2) is 6.49. The molecule has 0 spiro atoms. The molecule has 4 nitrogen and oxygen atoms in total. The number of amides is 1. The molecule has 1 aromatic rings. The van der Waals surface area contributed by atoms with Gasteiger partial charge in [-0.15, -0.1) is 0 Å². The van der Waals surface area contributed by atoms with Gasteiger partial charge in [0.25, 0.3) is 0 Å². The number of allylic oxidation sites excluding steroid dienone is 3. The van der Waals surface area contributed by atoms with Gasteiger partial charge in [0.05, 0.1) is 16.2 Å². The van der Waals surface area contributed by atoms with Crippen molar-refractivity contribution in [3.05, 3.63) is 46.2 Å². The fourth-order valence-electron chi connectivity index (χ4n) is 2.04. The van der Waals surface area contributed by atoms with Gasteiger partial charge < -0.3 is 10.4 Å². The van der Waals surface area contributed by atoms with Crippen LogP contribution < -0.4 is 5.32 Å². The predicted octanol–water partition coefficient (Wildman–Crippen LogP) is 4.07. The molecule has 1 aromatic carbocycles. The summed E-state index contributed by atoms with van der Waals surface area (Å²) in [6.45, 7) is 1.61. The first-order valence-corrected chi connectivity index (χ1v) is 8.07.